The fourth-order valence-electron chi connectivity index (χ4n) is 0.862. The van der Waals surface area contributed by atoms with Crippen molar-refractivity contribution in [3.8, 4) is 0 Å². The summed E-state index contributed by atoms with van der Waals surface area (Å²) in [6.45, 7) is 3.89. The predicted molar refractivity (Wildman–Crippen MR) is 53.2 cm³/mol. The van der Waals surface area contributed by atoms with Crippen LogP contribution in [-0.2, 0) is 0 Å². The third-order valence-corrected chi connectivity index (χ3v) is 3.12. The summed E-state index contributed by atoms with van der Waals surface area (Å²) in [6.07, 6.45) is 0. The fourth-order valence-corrected chi connectivity index (χ4v) is 1.48. The number of nitrogens with two attached hydrogens (primary N) is 1. The SMILES string of the molecule is Cc1[nH]c(=S)c(N)c(C)c1Br. The first kappa shape index (κ1) is 8.74. The Morgan fingerprint density at radius 3 is 2.55 bits per heavy atom. The van der Waals surface area contributed by atoms with Gasteiger partial charge in [0.05, 0.1) is 5.69 Å². The second-order valence-electron chi connectivity index (χ2n) is 2.43. The molecular formula is C7H9BrN2S. The van der Waals surface area contributed by atoms with E-state index in [0.717, 1.165) is 15.7 Å². The van der Waals surface area contributed by atoms with Crippen LogP contribution in [0.1, 0.15) is 11.3 Å². The standard InChI is InChI=1S/C7H9BrN2S/c1-3-5(8)4(2)10-7(11)6(3)9/h9H2,1-2H3,(H,10,11). The summed E-state index contributed by atoms with van der Waals surface area (Å²) in [5, 5.41) is 0. The van der Waals surface area contributed by atoms with Gasteiger partial charge in [-0.3, -0.25) is 0 Å². The zero-order valence-electron chi connectivity index (χ0n) is 6.36. The van der Waals surface area contributed by atoms with Gasteiger partial charge in [0, 0.05) is 10.2 Å². The van der Waals surface area contributed by atoms with Gasteiger partial charge in [-0.2, -0.15) is 0 Å². The Hall–Kier alpha value is -0.350. The second-order valence-corrected chi connectivity index (χ2v) is 3.63. The molecule has 0 radical (unpaired) electrons. The van der Waals surface area contributed by atoms with E-state index in [2.05, 4.69) is 20.9 Å². The molecule has 0 amide bonds. The predicted octanol–water partition coefficient (Wildman–Crippen LogP) is 2.71. The van der Waals surface area contributed by atoms with Crippen LogP contribution in [0.15, 0.2) is 4.47 Å². The topological polar surface area (TPSA) is 41.8 Å². The first-order chi connectivity index (χ1) is 5.04. The monoisotopic (exact) mass is 232 g/mol. The van der Waals surface area contributed by atoms with Crippen molar-refractivity contribution in [2.75, 3.05) is 5.73 Å². The summed E-state index contributed by atoms with van der Waals surface area (Å²) in [6, 6.07) is 0. The van der Waals surface area contributed by atoms with Gasteiger partial charge in [0.15, 0.2) is 0 Å². The van der Waals surface area contributed by atoms with Crippen molar-refractivity contribution in [2.45, 2.75) is 13.8 Å². The van der Waals surface area contributed by atoms with Crippen molar-refractivity contribution in [3.63, 3.8) is 0 Å². The van der Waals surface area contributed by atoms with E-state index in [9.17, 15) is 0 Å². The second kappa shape index (κ2) is 2.95. The molecule has 11 heavy (non-hydrogen) atoms. The minimum Gasteiger partial charge on any atom is -0.396 e. The zero-order valence-corrected chi connectivity index (χ0v) is 8.77. The van der Waals surface area contributed by atoms with Crippen molar-refractivity contribution in [3.05, 3.63) is 20.4 Å². The molecule has 0 unspecified atom stereocenters. The molecule has 60 valence electrons. The lowest BCUT2D eigenvalue weighted by Gasteiger charge is -2.05. The highest BCUT2D eigenvalue weighted by atomic mass is 79.9. The van der Waals surface area contributed by atoms with Crippen LogP contribution in [0.3, 0.4) is 0 Å². The van der Waals surface area contributed by atoms with E-state index < -0.39 is 0 Å². The summed E-state index contributed by atoms with van der Waals surface area (Å²) in [5.74, 6) is 0. The number of aromatic nitrogens is 1. The van der Waals surface area contributed by atoms with Gasteiger partial charge < -0.3 is 10.7 Å². The van der Waals surface area contributed by atoms with Crippen LogP contribution in [0.4, 0.5) is 5.69 Å². The normalized spacial score (nSPS) is 10.1. The molecule has 0 spiro atoms. The van der Waals surface area contributed by atoms with Gasteiger partial charge >= 0.3 is 0 Å². The molecule has 0 aliphatic carbocycles. The van der Waals surface area contributed by atoms with E-state index in [0.29, 0.717) is 10.3 Å². The number of halogens is 1. The highest BCUT2D eigenvalue weighted by Crippen LogP contribution is 2.24. The van der Waals surface area contributed by atoms with Gasteiger partial charge in [-0.25, -0.2) is 0 Å². The van der Waals surface area contributed by atoms with E-state index in [1.807, 2.05) is 13.8 Å². The van der Waals surface area contributed by atoms with Gasteiger partial charge in [0.2, 0.25) is 0 Å². The molecule has 0 saturated carbocycles. The summed E-state index contributed by atoms with van der Waals surface area (Å²) < 4.78 is 1.62. The Morgan fingerprint density at radius 1 is 1.45 bits per heavy atom. The highest BCUT2D eigenvalue weighted by molar-refractivity contribution is 9.10. The molecule has 1 heterocycles. The summed E-state index contributed by atoms with van der Waals surface area (Å²) >= 11 is 8.39. The number of pyridine rings is 1. The third kappa shape index (κ3) is 1.46. The molecule has 1 aromatic heterocycles. The Labute approximate surface area is 78.9 Å². The minimum absolute atomic E-state index is 0.614. The Kier molecular flexibility index (Phi) is 2.34. The van der Waals surface area contributed by atoms with Gasteiger partial charge in [0.25, 0.3) is 0 Å². The van der Waals surface area contributed by atoms with Crippen LogP contribution in [0.2, 0.25) is 0 Å². The highest BCUT2D eigenvalue weighted by Gasteiger charge is 2.03. The summed E-state index contributed by atoms with van der Waals surface area (Å²) in [5.41, 5.74) is 8.36. The van der Waals surface area contributed by atoms with Crippen LogP contribution in [0.5, 0.6) is 0 Å². The number of aryl methyl sites for hydroxylation is 1. The van der Waals surface area contributed by atoms with Crippen LogP contribution in [0.25, 0.3) is 0 Å². The number of hydrogen-bond donors (Lipinski definition) is 2. The number of nitrogen functional groups attached to an aromatic ring is 1. The molecule has 0 bridgehead atoms. The first-order valence-electron chi connectivity index (χ1n) is 3.18. The zero-order chi connectivity index (χ0) is 8.59. The minimum atomic E-state index is 0.614. The van der Waals surface area contributed by atoms with Gasteiger partial charge in [-0.15, -0.1) is 0 Å². The Balaban J connectivity index is 3.59. The molecule has 2 nitrogen and oxygen atoms in total. The largest absolute Gasteiger partial charge is 0.396 e. The first-order valence-corrected chi connectivity index (χ1v) is 4.38. The lowest BCUT2D eigenvalue weighted by Crippen LogP contribution is -1.96. The van der Waals surface area contributed by atoms with Crippen LogP contribution in [0, 0.1) is 18.5 Å². The molecular weight excluding hydrogens is 224 g/mol. The van der Waals surface area contributed by atoms with Gasteiger partial charge in [-0.05, 0) is 35.3 Å². The van der Waals surface area contributed by atoms with Gasteiger partial charge in [0.1, 0.15) is 4.64 Å². The average molecular weight is 233 g/mol. The van der Waals surface area contributed by atoms with Crippen molar-refractivity contribution < 1.29 is 0 Å². The molecule has 1 rings (SSSR count). The van der Waals surface area contributed by atoms with Crippen molar-refractivity contribution >= 4 is 33.8 Å². The number of aromatic amines is 1. The number of H-pyrrole nitrogens is 1. The van der Waals surface area contributed by atoms with E-state index in [1.165, 1.54) is 0 Å². The lowest BCUT2D eigenvalue weighted by molar-refractivity contribution is 1.14. The lowest BCUT2D eigenvalue weighted by atomic mass is 10.2. The summed E-state index contributed by atoms with van der Waals surface area (Å²) in [7, 11) is 0. The van der Waals surface area contributed by atoms with Crippen molar-refractivity contribution in [1.29, 1.82) is 0 Å². The van der Waals surface area contributed by atoms with Crippen LogP contribution < -0.4 is 5.73 Å². The molecule has 0 aromatic carbocycles. The third-order valence-electron chi connectivity index (χ3n) is 1.61. The van der Waals surface area contributed by atoms with Crippen molar-refractivity contribution in [1.82, 2.24) is 4.98 Å². The maximum atomic E-state index is 5.69. The van der Waals surface area contributed by atoms with E-state index >= 15 is 0 Å². The smallest absolute Gasteiger partial charge is 0.127 e. The average Bonchev–Trinajstić information content (AvgIpc) is 1.97. The number of rotatable bonds is 0. The fraction of sp³-hybridized carbons (Fsp3) is 0.286. The quantitative estimate of drug-likeness (QED) is 0.676. The van der Waals surface area contributed by atoms with Crippen LogP contribution in [-0.4, -0.2) is 4.98 Å². The number of nitrogens with one attached hydrogen (secondary N) is 1. The summed E-state index contributed by atoms with van der Waals surface area (Å²) in [4.78, 5) is 2.99. The maximum Gasteiger partial charge on any atom is 0.127 e. The molecule has 0 saturated heterocycles. The molecule has 0 aliphatic heterocycles. The maximum absolute atomic E-state index is 5.69. The number of hydrogen-bond acceptors (Lipinski definition) is 2. The van der Waals surface area contributed by atoms with E-state index in [-0.39, 0.29) is 0 Å². The molecule has 0 atom stereocenters. The van der Waals surface area contributed by atoms with Gasteiger partial charge in [-0.1, -0.05) is 12.2 Å². The van der Waals surface area contributed by atoms with E-state index in [4.69, 9.17) is 18.0 Å². The number of anilines is 1. The molecule has 4 heteroatoms. The van der Waals surface area contributed by atoms with Crippen LogP contribution >= 0.6 is 28.1 Å². The Morgan fingerprint density at radius 2 is 2.00 bits per heavy atom. The van der Waals surface area contributed by atoms with E-state index in [1.54, 1.807) is 0 Å². The molecule has 3 N–H and O–H groups in total. The molecule has 0 fully saturated rings. The Bertz CT molecular complexity index is 343. The van der Waals surface area contributed by atoms with Crippen molar-refractivity contribution in [2.24, 2.45) is 0 Å². The molecule has 1 aromatic rings. The molecule has 0 aliphatic rings.